The van der Waals surface area contributed by atoms with E-state index in [0.29, 0.717) is 24.3 Å². The molecule has 1 heterocycles. The van der Waals surface area contributed by atoms with E-state index in [4.69, 9.17) is 9.84 Å². The Morgan fingerprint density at radius 3 is 2.70 bits per heavy atom. The van der Waals surface area contributed by atoms with Crippen molar-refractivity contribution in [2.45, 2.75) is 38.8 Å². The first-order chi connectivity index (χ1) is 9.50. The molecule has 1 aliphatic rings. The maximum absolute atomic E-state index is 12.5. The van der Waals surface area contributed by atoms with Crippen molar-refractivity contribution in [1.82, 2.24) is 4.90 Å². The molecule has 108 valence electrons. The molecule has 1 N–H and O–H groups in total. The largest absolute Gasteiger partial charge is 0.490 e. The Morgan fingerprint density at radius 1 is 1.35 bits per heavy atom. The number of para-hydroxylation sites is 1. The zero-order valence-electron chi connectivity index (χ0n) is 11.7. The third kappa shape index (κ3) is 2.92. The van der Waals surface area contributed by atoms with Gasteiger partial charge < -0.3 is 14.7 Å². The average molecular weight is 277 g/mol. The van der Waals surface area contributed by atoms with E-state index >= 15 is 0 Å². The summed E-state index contributed by atoms with van der Waals surface area (Å²) in [5, 5.41) is 9.17. The number of carboxylic acids is 1. The van der Waals surface area contributed by atoms with Crippen LogP contribution >= 0.6 is 0 Å². The van der Waals surface area contributed by atoms with E-state index in [9.17, 15) is 9.59 Å². The highest BCUT2D eigenvalue weighted by Crippen LogP contribution is 2.25. The van der Waals surface area contributed by atoms with E-state index in [2.05, 4.69) is 0 Å². The van der Waals surface area contributed by atoms with Gasteiger partial charge >= 0.3 is 5.97 Å². The Balaban J connectivity index is 2.27. The van der Waals surface area contributed by atoms with Crippen molar-refractivity contribution in [1.29, 1.82) is 0 Å². The van der Waals surface area contributed by atoms with E-state index < -0.39 is 12.0 Å². The first-order valence-electron chi connectivity index (χ1n) is 6.80. The van der Waals surface area contributed by atoms with Gasteiger partial charge in [0.1, 0.15) is 11.8 Å². The smallest absolute Gasteiger partial charge is 0.326 e. The van der Waals surface area contributed by atoms with Crippen molar-refractivity contribution in [3.8, 4) is 5.75 Å². The highest BCUT2D eigenvalue weighted by Gasteiger charge is 2.35. The molecule has 5 heteroatoms. The summed E-state index contributed by atoms with van der Waals surface area (Å²) in [7, 11) is 0. The highest BCUT2D eigenvalue weighted by atomic mass is 16.5. The minimum atomic E-state index is -0.946. The Morgan fingerprint density at radius 2 is 2.05 bits per heavy atom. The summed E-state index contributed by atoms with van der Waals surface area (Å²) in [6, 6.07) is 6.24. The van der Waals surface area contributed by atoms with E-state index in [1.807, 2.05) is 13.8 Å². The van der Waals surface area contributed by atoms with Gasteiger partial charge in [0, 0.05) is 6.54 Å². The predicted octanol–water partition coefficient (Wildman–Crippen LogP) is 2.16. The molecule has 1 amide bonds. The summed E-state index contributed by atoms with van der Waals surface area (Å²) in [6.45, 7) is 4.25. The summed E-state index contributed by atoms with van der Waals surface area (Å²) in [6.07, 6.45) is 1.18. The van der Waals surface area contributed by atoms with Gasteiger partial charge in [0.25, 0.3) is 5.91 Å². The van der Waals surface area contributed by atoms with E-state index in [-0.39, 0.29) is 12.0 Å². The van der Waals surface area contributed by atoms with Crippen molar-refractivity contribution in [2.75, 3.05) is 6.54 Å². The third-order valence-corrected chi connectivity index (χ3v) is 3.28. The fourth-order valence-electron chi connectivity index (χ4n) is 2.42. The summed E-state index contributed by atoms with van der Waals surface area (Å²) < 4.78 is 5.63. The van der Waals surface area contributed by atoms with Gasteiger partial charge in [0.15, 0.2) is 0 Å². The minimum Gasteiger partial charge on any atom is -0.490 e. The van der Waals surface area contributed by atoms with Gasteiger partial charge in [-0.05, 0) is 38.8 Å². The molecule has 1 aromatic carbocycles. The molecule has 1 aliphatic heterocycles. The van der Waals surface area contributed by atoms with Crippen molar-refractivity contribution in [3.05, 3.63) is 29.8 Å². The van der Waals surface area contributed by atoms with Gasteiger partial charge in [0.05, 0.1) is 11.7 Å². The van der Waals surface area contributed by atoms with Gasteiger partial charge in [-0.3, -0.25) is 4.79 Å². The second-order valence-electron chi connectivity index (χ2n) is 5.16. The zero-order valence-corrected chi connectivity index (χ0v) is 11.7. The Hall–Kier alpha value is -2.04. The number of carbonyl (C=O) groups is 2. The first kappa shape index (κ1) is 14.4. The number of nitrogens with zero attached hydrogens (tertiary/aromatic N) is 1. The Labute approximate surface area is 118 Å². The topological polar surface area (TPSA) is 66.8 Å². The van der Waals surface area contributed by atoms with Crippen LogP contribution in [0.3, 0.4) is 0 Å². The lowest BCUT2D eigenvalue weighted by atomic mass is 10.1. The highest BCUT2D eigenvalue weighted by molar-refractivity contribution is 5.99. The lowest BCUT2D eigenvalue weighted by molar-refractivity contribution is -0.141. The average Bonchev–Trinajstić information content (AvgIpc) is 2.87. The van der Waals surface area contributed by atoms with Gasteiger partial charge in [-0.2, -0.15) is 0 Å². The maximum atomic E-state index is 12.5. The third-order valence-electron chi connectivity index (χ3n) is 3.28. The second-order valence-corrected chi connectivity index (χ2v) is 5.16. The maximum Gasteiger partial charge on any atom is 0.326 e. The molecule has 1 fully saturated rings. The second kappa shape index (κ2) is 5.94. The van der Waals surface area contributed by atoms with Gasteiger partial charge in [0.2, 0.25) is 0 Å². The molecule has 0 saturated carbocycles. The molecule has 1 atom stereocenters. The molecular formula is C15H19NO4. The summed E-state index contributed by atoms with van der Waals surface area (Å²) in [5.74, 6) is -0.715. The molecule has 1 saturated heterocycles. The summed E-state index contributed by atoms with van der Waals surface area (Å²) in [4.78, 5) is 25.2. The molecule has 0 bridgehead atoms. The number of benzene rings is 1. The lowest BCUT2D eigenvalue weighted by Crippen LogP contribution is -2.40. The van der Waals surface area contributed by atoms with Crippen LogP contribution in [0.4, 0.5) is 0 Å². The quantitative estimate of drug-likeness (QED) is 0.915. The Bertz CT molecular complexity index is 512. The molecule has 0 radical (unpaired) electrons. The number of hydrogen-bond donors (Lipinski definition) is 1. The molecule has 0 aromatic heterocycles. The van der Waals surface area contributed by atoms with Crippen LogP contribution in [0, 0.1) is 0 Å². The molecule has 0 aliphatic carbocycles. The molecule has 0 unspecified atom stereocenters. The summed E-state index contributed by atoms with van der Waals surface area (Å²) in [5.41, 5.74) is 0.425. The van der Waals surface area contributed by atoms with Crippen LogP contribution < -0.4 is 4.74 Å². The van der Waals surface area contributed by atoms with Gasteiger partial charge in [-0.15, -0.1) is 0 Å². The number of carbonyl (C=O) groups excluding carboxylic acids is 1. The van der Waals surface area contributed by atoms with Crippen LogP contribution in [-0.2, 0) is 4.79 Å². The zero-order chi connectivity index (χ0) is 14.7. The molecule has 1 aromatic rings. The molecule has 2 rings (SSSR count). The van der Waals surface area contributed by atoms with Crippen LogP contribution in [0.25, 0.3) is 0 Å². The molecule has 20 heavy (non-hydrogen) atoms. The van der Waals surface area contributed by atoms with Gasteiger partial charge in [-0.1, -0.05) is 12.1 Å². The van der Waals surface area contributed by atoms with Gasteiger partial charge in [-0.25, -0.2) is 4.79 Å². The summed E-state index contributed by atoms with van der Waals surface area (Å²) >= 11 is 0. The number of rotatable bonds is 4. The van der Waals surface area contributed by atoms with E-state index in [1.54, 1.807) is 24.3 Å². The Kier molecular flexibility index (Phi) is 4.27. The van der Waals surface area contributed by atoms with Crippen LogP contribution in [0.2, 0.25) is 0 Å². The number of amides is 1. The van der Waals surface area contributed by atoms with E-state index in [0.717, 1.165) is 6.42 Å². The monoisotopic (exact) mass is 277 g/mol. The normalized spacial score (nSPS) is 18.4. The fourth-order valence-corrected chi connectivity index (χ4v) is 2.42. The number of ether oxygens (including phenoxy) is 1. The number of aliphatic carboxylic acids is 1. The number of carboxylic acid groups (broad SMARTS) is 1. The molecular weight excluding hydrogens is 258 g/mol. The van der Waals surface area contributed by atoms with Crippen molar-refractivity contribution in [3.63, 3.8) is 0 Å². The predicted molar refractivity (Wildman–Crippen MR) is 73.9 cm³/mol. The van der Waals surface area contributed by atoms with Crippen LogP contribution in [0.15, 0.2) is 24.3 Å². The van der Waals surface area contributed by atoms with Crippen LogP contribution in [0.1, 0.15) is 37.0 Å². The van der Waals surface area contributed by atoms with Crippen LogP contribution in [-0.4, -0.2) is 40.6 Å². The SMILES string of the molecule is CC(C)Oc1ccccc1C(=O)N1CCC[C@H]1C(=O)O. The van der Waals surface area contributed by atoms with Crippen molar-refractivity contribution < 1.29 is 19.4 Å². The van der Waals surface area contributed by atoms with Crippen molar-refractivity contribution in [2.24, 2.45) is 0 Å². The van der Waals surface area contributed by atoms with Crippen LogP contribution in [0.5, 0.6) is 5.75 Å². The number of likely N-dealkylation sites (tertiary alicyclic amines) is 1. The first-order valence-corrected chi connectivity index (χ1v) is 6.80. The number of hydrogen-bond acceptors (Lipinski definition) is 3. The minimum absolute atomic E-state index is 0.0437. The lowest BCUT2D eigenvalue weighted by Gasteiger charge is -2.23. The van der Waals surface area contributed by atoms with Crippen molar-refractivity contribution >= 4 is 11.9 Å². The molecule has 5 nitrogen and oxygen atoms in total. The molecule has 0 spiro atoms. The fraction of sp³-hybridized carbons (Fsp3) is 0.467. The standard InChI is InChI=1S/C15H19NO4/c1-10(2)20-13-8-4-3-6-11(13)14(17)16-9-5-7-12(16)15(18)19/h3-4,6,8,10,12H,5,7,9H2,1-2H3,(H,18,19)/t12-/m0/s1. The van der Waals surface area contributed by atoms with E-state index in [1.165, 1.54) is 4.90 Å².